The first kappa shape index (κ1) is 26.1. The van der Waals surface area contributed by atoms with Gasteiger partial charge in [0.2, 0.25) is 5.91 Å². The molecule has 2 aliphatic carbocycles. The number of likely N-dealkylation sites (tertiary alicyclic amines) is 1. The number of fused-ring (bicyclic) bond motifs is 3. The molecule has 0 spiro atoms. The highest BCUT2D eigenvalue weighted by molar-refractivity contribution is 5.96. The van der Waals surface area contributed by atoms with Gasteiger partial charge in [0.05, 0.1) is 0 Å². The number of carboxylic acids is 1. The molecule has 0 atom stereocenters. The van der Waals surface area contributed by atoms with Crippen LogP contribution in [0.1, 0.15) is 48.3 Å². The van der Waals surface area contributed by atoms with Gasteiger partial charge in [0, 0.05) is 25.6 Å². The van der Waals surface area contributed by atoms with Crippen molar-refractivity contribution < 1.29 is 24.2 Å². The van der Waals surface area contributed by atoms with Gasteiger partial charge in [-0.3, -0.25) is 9.69 Å². The molecular formula is C32H33N3O5. The summed E-state index contributed by atoms with van der Waals surface area (Å²) in [6.07, 6.45) is 0.804. The number of aliphatic carboxylic acids is 1. The van der Waals surface area contributed by atoms with Crippen LogP contribution in [0.3, 0.4) is 0 Å². The molecule has 3 aromatic rings. The number of carbonyl (C=O) groups excluding carboxylic acids is 2. The molecule has 3 aromatic carbocycles. The van der Waals surface area contributed by atoms with Crippen molar-refractivity contribution in [2.45, 2.75) is 49.2 Å². The number of benzene rings is 3. The second kappa shape index (κ2) is 10.4. The zero-order valence-electron chi connectivity index (χ0n) is 22.3. The summed E-state index contributed by atoms with van der Waals surface area (Å²) in [6.45, 7) is 1.98. The molecule has 0 unspecified atom stereocenters. The van der Waals surface area contributed by atoms with Gasteiger partial charge in [0.1, 0.15) is 17.7 Å². The summed E-state index contributed by atoms with van der Waals surface area (Å²) in [5, 5.41) is 15.7. The summed E-state index contributed by atoms with van der Waals surface area (Å²) in [7, 11) is 0. The Morgan fingerprint density at radius 2 is 1.35 bits per heavy atom. The first-order chi connectivity index (χ1) is 19.4. The number of hydrogen-bond acceptors (Lipinski definition) is 5. The van der Waals surface area contributed by atoms with Crippen molar-refractivity contribution in [3.05, 3.63) is 95.6 Å². The van der Waals surface area contributed by atoms with Crippen LogP contribution in [0.4, 0.5) is 4.79 Å². The minimum atomic E-state index is -1.36. The summed E-state index contributed by atoms with van der Waals surface area (Å²) in [5.41, 5.74) is 3.17. The van der Waals surface area contributed by atoms with Gasteiger partial charge in [-0.15, -0.1) is 0 Å². The first-order valence-electron chi connectivity index (χ1n) is 13.8. The highest BCUT2D eigenvalue weighted by Crippen LogP contribution is 2.44. The number of carbonyl (C=O) groups is 3. The Labute approximate surface area is 233 Å². The molecule has 2 fully saturated rings. The number of nitrogens with zero attached hydrogens (tertiary/aromatic N) is 1. The lowest BCUT2D eigenvalue weighted by Crippen LogP contribution is -2.63. The Bertz CT molecular complexity index is 1380. The number of alkyl carbamates (subject to hydrolysis) is 1. The molecule has 8 nitrogen and oxygen atoms in total. The van der Waals surface area contributed by atoms with Crippen molar-refractivity contribution in [1.82, 2.24) is 15.5 Å². The second-order valence-corrected chi connectivity index (χ2v) is 11.1. The molecule has 0 aromatic heterocycles. The summed E-state index contributed by atoms with van der Waals surface area (Å²) < 4.78 is 5.65. The van der Waals surface area contributed by atoms with Crippen molar-refractivity contribution in [3.63, 3.8) is 0 Å². The largest absolute Gasteiger partial charge is 0.480 e. The SMILES string of the molecule is O=C(NC1(C(=O)NC2(C(=O)O)CCN(Cc3ccccc3)CC2)CC1)OCC1c2ccccc2-c2ccccc21. The highest BCUT2D eigenvalue weighted by atomic mass is 16.5. The average molecular weight is 540 g/mol. The molecule has 2 amide bonds. The van der Waals surface area contributed by atoms with Crippen molar-refractivity contribution in [3.8, 4) is 11.1 Å². The number of piperidine rings is 1. The second-order valence-electron chi connectivity index (χ2n) is 11.1. The molecule has 1 heterocycles. The molecule has 0 bridgehead atoms. The monoisotopic (exact) mass is 539 g/mol. The van der Waals surface area contributed by atoms with Gasteiger partial charge in [-0.05, 0) is 53.5 Å². The maximum atomic E-state index is 13.3. The van der Waals surface area contributed by atoms with Crippen LogP contribution in [0.15, 0.2) is 78.9 Å². The van der Waals surface area contributed by atoms with Crippen molar-refractivity contribution in [1.29, 1.82) is 0 Å². The van der Waals surface area contributed by atoms with Crippen LogP contribution in [-0.4, -0.2) is 58.8 Å². The summed E-state index contributed by atoms with van der Waals surface area (Å²) >= 11 is 0. The van der Waals surface area contributed by atoms with Crippen LogP contribution >= 0.6 is 0 Å². The van der Waals surface area contributed by atoms with Crippen LogP contribution in [-0.2, 0) is 20.9 Å². The minimum absolute atomic E-state index is 0.0847. The Morgan fingerprint density at radius 3 is 1.93 bits per heavy atom. The van der Waals surface area contributed by atoms with Gasteiger partial charge < -0.3 is 20.5 Å². The molecule has 3 N–H and O–H groups in total. The third kappa shape index (κ3) is 4.95. The fraction of sp³-hybridized carbons (Fsp3) is 0.344. The van der Waals surface area contributed by atoms with Crippen LogP contribution < -0.4 is 10.6 Å². The standard InChI is InChI=1S/C32H33N3O5/c36-28(33-32(29(37)38)16-18-35(19-17-32)20-22-8-2-1-3-9-22)31(14-15-31)34-30(39)40-21-27-25-12-6-4-10-23(25)24-11-5-7-13-26(24)27/h1-13,27H,14-21H2,(H,33,36)(H,34,39)(H,37,38). The highest BCUT2D eigenvalue weighted by Gasteiger charge is 2.55. The van der Waals surface area contributed by atoms with E-state index in [0.717, 1.165) is 28.8 Å². The van der Waals surface area contributed by atoms with Gasteiger partial charge in [-0.2, -0.15) is 0 Å². The van der Waals surface area contributed by atoms with E-state index in [2.05, 4.69) is 27.7 Å². The Hall–Kier alpha value is -4.17. The average Bonchev–Trinajstić information content (AvgIpc) is 3.68. The van der Waals surface area contributed by atoms with Crippen molar-refractivity contribution in [2.75, 3.05) is 19.7 Å². The van der Waals surface area contributed by atoms with E-state index in [1.165, 1.54) is 5.56 Å². The predicted octanol–water partition coefficient (Wildman–Crippen LogP) is 4.29. The quantitative estimate of drug-likeness (QED) is 0.394. The molecule has 1 aliphatic heterocycles. The molecule has 3 aliphatic rings. The minimum Gasteiger partial charge on any atom is -0.480 e. The van der Waals surface area contributed by atoms with Crippen LogP contribution in [0.5, 0.6) is 0 Å². The van der Waals surface area contributed by atoms with E-state index in [1.807, 2.05) is 66.7 Å². The third-order valence-electron chi connectivity index (χ3n) is 8.59. The van der Waals surface area contributed by atoms with Crippen LogP contribution in [0.2, 0.25) is 0 Å². The van der Waals surface area contributed by atoms with Crippen LogP contribution in [0, 0.1) is 0 Å². The van der Waals surface area contributed by atoms with Gasteiger partial charge in [-0.25, -0.2) is 9.59 Å². The zero-order valence-corrected chi connectivity index (χ0v) is 22.3. The number of rotatable bonds is 8. The van der Waals surface area contributed by atoms with E-state index in [4.69, 9.17) is 4.74 Å². The maximum Gasteiger partial charge on any atom is 0.408 e. The third-order valence-corrected chi connectivity index (χ3v) is 8.59. The van der Waals surface area contributed by atoms with Gasteiger partial charge >= 0.3 is 12.1 Å². The van der Waals surface area contributed by atoms with Crippen LogP contribution in [0.25, 0.3) is 11.1 Å². The lowest BCUT2D eigenvalue weighted by atomic mass is 9.86. The Kier molecular flexibility index (Phi) is 6.80. The molecule has 40 heavy (non-hydrogen) atoms. The molecular weight excluding hydrogens is 506 g/mol. The summed E-state index contributed by atoms with van der Waals surface area (Å²) in [5.74, 6) is -1.59. The normalized spacial score (nSPS) is 18.7. The van der Waals surface area contributed by atoms with Crippen molar-refractivity contribution >= 4 is 18.0 Å². The molecule has 6 rings (SSSR count). The smallest absolute Gasteiger partial charge is 0.408 e. The fourth-order valence-corrected chi connectivity index (χ4v) is 6.03. The maximum absolute atomic E-state index is 13.3. The molecule has 8 heteroatoms. The van der Waals surface area contributed by atoms with E-state index in [9.17, 15) is 19.5 Å². The van der Waals surface area contributed by atoms with E-state index in [1.54, 1.807) is 0 Å². The number of ether oxygens (including phenoxy) is 1. The van der Waals surface area contributed by atoms with Crippen molar-refractivity contribution in [2.24, 2.45) is 0 Å². The van der Waals surface area contributed by atoms with E-state index >= 15 is 0 Å². The molecule has 1 saturated carbocycles. The zero-order chi connectivity index (χ0) is 27.7. The number of amides is 2. The fourth-order valence-electron chi connectivity index (χ4n) is 6.03. The Morgan fingerprint density at radius 1 is 0.775 bits per heavy atom. The van der Waals surface area contributed by atoms with Gasteiger partial charge in [-0.1, -0.05) is 78.9 Å². The lowest BCUT2D eigenvalue weighted by molar-refractivity contribution is -0.150. The molecule has 206 valence electrons. The van der Waals surface area contributed by atoms with E-state index < -0.39 is 29.0 Å². The number of hydrogen-bond donors (Lipinski definition) is 3. The predicted molar refractivity (Wildman–Crippen MR) is 150 cm³/mol. The first-order valence-corrected chi connectivity index (χ1v) is 13.8. The molecule has 1 saturated heterocycles. The summed E-state index contributed by atoms with van der Waals surface area (Å²) in [6, 6.07) is 26.2. The van der Waals surface area contributed by atoms with Gasteiger partial charge in [0.25, 0.3) is 0 Å². The molecule has 0 radical (unpaired) electrons. The lowest BCUT2D eigenvalue weighted by Gasteiger charge is -2.40. The Balaban J connectivity index is 1.06. The number of carboxylic acid groups (broad SMARTS) is 1. The van der Waals surface area contributed by atoms with E-state index in [-0.39, 0.29) is 12.5 Å². The topological polar surface area (TPSA) is 108 Å². The van der Waals surface area contributed by atoms with E-state index in [0.29, 0.717) is 38.8 Å². The number of nitrogens with one attached hydrogen (secondary N) is 2. The van der Waals surface area contributed by atoms with Gasteiger partial charge in [0.15, 0.2) is 0 Å². The summed E-state index contributed by atoms with van der Waals surface area (Å²) in [4.78, 5) is 40.8.